The third-order valence-electron chi connectivity index (χ3n) is 7.59. The molecule has 34 heavy (non-hydrogen) atoms. The highest BCUT2D eigenvalue weighted by Crippen LogP contribution is 2.44. The van der Waals surface area contributed by atoms with E-state index in [0.717, 1.165) is 61.5 Å². The fraction of sp³-hybridized carbons (Fsp3) is 0.385. The SMILES string of the molecule is C1=CN=C2C(Sc3ccnc4c3CCO4)=CN=C(N3CCC4(CC3)Cc3cccnc3C4)N2C1. The van der Waals surface area contributed by atoms with Gasteiger partial charge in [0.25, 0.3) is 0 Å². The number of pyridine rings is 2. The molecule has 1 aliphatic carbocycles. The van der Waals surface area contributed by atoms with Crippen molar-refractivity contribution in [3.63, 3.8) is 0 Å². The van der Waals surface area contributed by atoms with Gasteiger partial charge in [-0.2, -0.15) is 0 Å². The first-order valence-electron chi connectivity index (χ1n) is 12.0. The zero-order valence-electron chi connectivity index (χ0n) is 19.0. The second kappa shape index (κ2) is 7.98. The number of rotatable bonds is 2. The lowest BCUT2D eigenvalue weighted by molar-refractivity contribution is 0.151. The lowest BCUT2D eigenvalue weighted by Gasteiger charge is -2.44. The number of ether oxygens (including phenoxy) is 1. The van der Waals surface area contributed by atoms with Crippen LogP contribution in [0.15, 0.2) is 68.9 Å². The summed E-state index contributed by atoms with van der Waals surface area (Å²) < 4.78 is 5.66. The molecule has 1 fully saturated rings. The first-order chi connectivity index (χ1) is 16.8. The molecule has 0 bridgehead atoms. The van der Waals surface area contributed by atoms with Gasteiger partial charge in [0, 0.05) is 67.0 Å². The Morgan fingerprint density at radius 1 is 1.03 bits per heavy atom. The highest BCUT2D eigenvalue weighted by atomic mass is 32.2. The van der Waals surface area contributed by atoms with E-state index in [1.807, 2.05) is 24.8 Å². The zero-order chi connectivity index (χ0) is 22.5. The average Bonchev–Trinajstić information content (AvgIpc) is 3.50. The van der Waals surface area contributed by atoms with Crippen LogP contribution in [-0.2, 0) is 19.3 Å². The Balaban J connectivity index is 1.12. The zero-order valence-corrected chi connectivity index (χ0v) is 19.8. The van der Waals surface area contributed by atoms with Gasteiger partial charge in [0.05, 0.1) is 11.5 Å². The number of thioether (sulfide) groups is 1. The largest absolute Gasteiger partial charge is 0.477 e. The molecule has 4 aliphatic heterocycles. The molecule has 0 N–H and O–H groups in total. The Hall–Kier alpha value is -3.13. The van der Waals surface area contributed by atoms with Gasteiger partial charge in [-0.1, -0.05) is 17.8 Å². The maximum atomic E-state index is 5.66. The molecule has 2 aromatic heterocycles. The summed E-state index contributed by atoms with van der Waals surface area (Å²) in [4.78, 5) is 25.7. The quantitative estimate of drug-likeness (QED) is 0.665. The minimum absolute atomic E-state index is 0.363. The highest BCUT2D eigenvalue weighted by molar-refractivity contribution is 8.04. The minimum atomic E-state index is 0.363. The van der Waals surface area contributed by atoms with Gasteiger partial charge in [0.2, 0.25) is 11.8 Å². The van der Waals surface area contributed by atoms with E-state index in [0.29, 0.717) is 12.0 Å². The van der Waals surface area contributed by atoms with Gasteiger partial charge in [0.15, 0.2) is 5.84 Å². The predicted octanol–water partition coefficient (Wildman–Crippen LogP) is 3.82. The van der Waals surface area contributed by atoms with Crippen LogP contribution in [-0.4, -0.2) is 57.8 Å². The number of amidine groups is 1. The van der Waals surface area contributed by atoms with Crippen molar-refractivity contribution in [2.45, 2.75) is 37.0 Å². The van der Waals surface area contributed by atoms with Gasteiger partial charge in [0.1, 0.15) is 0 Å². The molecule has 0 atom stereocenters. The topological polar surface area (TPSA) is 66.2 Å². The Bertz CT molecular complexity index is 1250. The summed E-state index contributed by atoms with van der Waals surface area (Å²) in [6.45, 7) is 3.54. The summed E-state index contributed by atoms with van der Waals surface area (Å²) in [5.74, 6) is 2.78. The lowest BCUT2D eigenvalue weighted by atomic mass is 9.76. The summed E-state index contributed by atoms with van der Waals surface area (Å²) in [5, 5.41) is 0. The number of nitrogens with zero attached hydrogens (tertiary/aromatic N) is 6. The van der Waals surface area contributed by atoms with Gasteiger partial charge >= 0.3 is 0 Å². The van der Waals surface area contributed by atoms with Crippen molar-refractivity contribution in [1.29, 1.82) is 0 Å². The monoisotopic (exact) mass is 470 g/mol. The Kier molecular flexibility index (Phi) is 4.75. The normalized spacial score (nSPS) is 21.9. The molecule has 0 aromatic carbocycles. The van der Waals surface area contributed by atoms with Crippen LogP contribution in [0.1, 0.15) is 29.7 Å². The maximum absolute atomic E-state index is 5.66. The predicted molar refractivity (Wildman–Crippen MR) is 133 cm³/mol. The number of likely N-dealkylation sites (tertiary alicyclic amines) is 1. The van der Waals surface area contributed by atoms with Crippen LogP contribution in [0.25, 0.3) is 0 Å². The fourth-order valence-corrected chi connectivity index (χ4v) is 6.83. The molecule has 5 aliphatic rings. The van der Waals surface area contributed by atoms with Crippen LogP contribution in [0.5, 0.6) is 5.88 Å². The molecule has 0 radical (unpaired) electrons. The smallest absolute Gasteiger partial charge is 0.217 e. The summed E-state index contributed by atoms with van der Waals surface area (Å²) >= 11 is 1.71. The second-order valence-corrected chi connectivity index (χ2v) is 10.7. The second-order valence-electron chi connectivity index (χ2n) is 9.61. The van der Waals surface area contributed by atoms with Crippen molar-refractivity contribution < 1.29 is 4.74 Å². The van der Waals surface area contributed by atoms with E-state index in [1.165, 1.54) is 34.6 Å². The number of aliphatic imine (C=N–C) groups is 2. The summed E-state index contributed by atoms with van der Waals surface area (Å²) in [6, 6.07) is 6.40. The average molecular weight is 471 g/mol. The molecule has 0 amide bonds. The van der Waals surface area contributed by atoms with Crippen molar-refractivity contribution in [2.24, 2.45) is 15.4 Å². The molecule has 1 saturated heterocycles. The van der Waals surface area contributed by atoms with Gasteiger partial charge < -0.3 is 9.64 Å². The molecule has 6 heterocycles. The summed E-state index contributed by atoms with van der Waals surface area (Å²) in [5.41, 5.74) is 4.30. The van der Waals surface area contributed by atoms with Crippen molar-refractivity contribution in [3.8, 4) is 5.88 Å². The molecule has 0 saturated carbocycles. The van der Waals surface area contributed by atoms with Crippen LogP contribution in [0.4, 0.5) is 0 Å². The molecular formula is C26H26N6OS. The first-order valence-corrected chi connectivity index (χ1v) is 12.8. The van der Waals surface area contributed by atoms with Crippen molar-refractivity contribution in [2.75, 3.05) is 26.2 Å². The van der Waals surface area contributed by atoms with E-state index in [9.17, 15) is 0 Å². The van der Waals surface area contributed by atoms with Crippen LogP contribution >= 0.6 is 11.8 Å². The molecule has 1 spiro atoms. The molecule has 7 rings (SSSR count). The number of fused-ring (bicyclic) bond motifs is 3. The van der Waals surface area contributed by atoms with Crippen LogP contribution in [0, 0.1) is 5.41 Å². The third kappa shape index (κ3) is 3.35. The van der Waals surface area contributed by atoms with Crippen molar-refractivity contribution in [1.82, 2.24) is 19.8 Å². The van der Waals surface area contributed by atoms with Gasteiger partial charge in [-0.15, -0.1) is 0 Å². The summed E-state index contributed by atoms with van der Waals surface area (Å²) in [6.07, 6.45) is 15.3. The van der Waals surface area contributed by atoms with Crippen molar-refractivity contribution in [3.05, 3.63) is 70.8 Å². The van der Waals surface area contributed by atoms with E-state index in [-0.39, 0.29) is 0 Å². The molecule has 7 nitrogen and oxygen atoms in total. The molecule has 2 aromatic rings. The van der Waals surface area contributed by atoms with Gasteiger partial charge in [-0.05, 0) is 54.9 Å². The van der Waals surface area contributed by atoms with E-state index >= 15 is 0 Å². The van der Waals surface area contributed by atoms with E-state index in [4.69, 9.17) is 14.7 Å². The van der Waals surface area contributed by atoms with Crippen LogP contribution in [0.3, 0.4) is 0 Å². The number of hydrogen-bond acceptors (Lipinski definition) is 8. The third-order valence-corrected chi connectivity index (χ3v) is 8.70. The first kappa shape index (κ1) is 20.3. The Morgan fingerprint density at radius 3 is 2.88 bits per heavy atom. The van der Waals surface area contributed by atoms with Crippen LogP contribution < -0.4 is 4.74 Å². The number of piperidine rings is 1. The number of hydrogen-bond donors (Lipinski definition) is 0. The molecular weight excluding hydrogens is 444 g/mol. The molecule has 8 heteroatoms. The maximum Gasteiger partial charge on any atom is 0.217 e. The molecule has 0 unspecified atom stereocenters. The van der Waals surface area contributed by atoms with Crippen LogP contribution in [0.2, 0.25) is 0 Å². The molecule has 172 valence electrons. The fourth-order valence-electron chi connectivity index (χ4n) is 5.80. The standard InChI is InChI=1S/C26H26N6OS/c1-3-18-15-26(16-20(18)27-8-1)6-12-31(13-7-26)25-30-17-22(23-28-9-2-11-32(23)25)34-21-4-10-29-24-19(21)5-14-33-24/h1-4,8-10,17H,5-7,11-16H2. The Morgan fingerprint density at radius 2 is 1.97 bits per heavy atom. The summed E-state index contributed by atoms with van der Waals surface area (Å²) in [7, 11) is 0. The van der Waals surface area contributed by atoms with E-state index in [2.05, 4.69) is 44.0 Å². The van der Waals surface area contributed by atoms with Gasteiger partial charge in [-0.3, -0.25) is 9.88 Å². The van der Waals surface area contributed by atoms with Gasteiger partial charge in [-0.25, -0.2) is 15.0 Å². The number of aromatic nitrogens is 2. The number of guanidine groups is 1. The lowest BCUT2D eigenvalue weighted by Crippen LogP contribution is -2.53. The van der Waals surface area contributed by atoms with Crippen molar-refractivity contribution >= 4 is 23.6 Å². The highest BCUT2D eigenvalue weighted by Gasteiger charge is 2.42. The van der Waals surface area contributed by atoms with E-state index in [1.54, 1.807) is 11.8 Å². The van der Waals surface area contributed by atoms with E-state index < -0.39 is 0 Å². The Labute approximate surface area is 203 Å². The minimum Gasteiger partial charge on any atom is -0.477 e.